The number of rotatable bonds is 3. The highest BCUT2D eigenvalue weighted by molar-refractivity contribution is 9.10. The van der Waals surface area contributed by atoms with Crippen LogP contribution >= 0.6 is 15.9 Å². The van der Waals surface area contributed by atoms with Crippen molar-refractivity contribution < 1.29 is 14.7 Å². The van der Waals surface area contributed by atoms with E-state index in [1.165, 1.54) is 0 Å². The minimum Gasteiger partial charge on any atom is -0.387 e. The lowest BCUT2D eigenvalue weighted by atomic mass is 10.1. The summed E-state index contributed by atoms with van der Waals surface area (Å²) >= 11 is 3.32. The molecule has 0 radical (unpaired) electrons. The van der Waals surface area contributed by atoms with Crippen molar-refractivity contribution in [1.82, 2.24) is 4.90 Å². The first-order valence-corrected chi connectivity index (χ1v) is 7.26. The van der Waals surface area contributed by atoms with Crippen molar-refractivity contribution >= 4 is 27.7 Å². The van der Waals surface area contributed by atoms with E-state index < -0.39 is 6.10 Å². The fourth-order valence-corrected chi connectivity index (χ4v) is 2.63. The van der Waals surface area contributed by atoms with Crippen LogP contribution < -0.4 is 0 Å². The smallest absolute Gasteiger partial charge is 0.261 e. The molecule has 0 spiro atoms. The molecule has 1 heterocycles. The Morgan fingerprint density at radius 2 is 1.48 bits per heavy atom. The van der Waals surface area contributed by atoms with Crippen LogP contribution in [0, 0.1) is 0 Å². The summed E-state index contributed by atoms with van der Waals surface area (Å²) in [6.45, 7) is -0.0476. The molecule has 0 bridgehead atoms. The minimum atomic E-state index is -0.902. The van der Waals surface area contributed by atoms with Crippen LogP contribution in [0.25, 0.3) is 0 Å². The van der Waals surface area contributed by atoms with Gasteiger partial charge in [0, 0.05) is 4.47 Å². The van der Waals surface area contributed by atoms with Crippen molar-refractivity contribution in [3.8, 4) is 0 Å². The molecule has 0 aliphatic carbocycles. The fourth-order valence-electron chi connectivity index (χ4n) is 2.37. The van der Waals surface area contributed by atoms with Gasteiger partial charge >= 0.3 is 0 Å². The highest BCUT2D eigenvalue weighted by Crippen LogP contribution is 2.25. The van der Waals surface area contributed by atoms with Crippen molar-refractivity contribution in [2.24, 2.45) is 0 Å². The number of hydrogen-bond donors (Lipinski definition) is 1. The van der Waals surface area contributed by atoms with Gasteiger partial charge in [0.25, 0.3) is 11.8 Å². The van der Waals surface area contributed by atoms with Crippen molar-refractivity contribution in [2.75, 3.05) is 6.54 Å². The molecular formula is C16H12BrNO3. The molecule has 5 heteroatoms. The molecule has 1 aliphatic rings. The summed E-state index contributed by atoms with van der Waals surface area (Å²) in [4.78, 5) is 25.5. The normalized spacial score (nSPS) is 15.2. The molecule has 0 unspecified atom stereocenters. The van der Waals surface area contributed by atoms with Crippen LogP contribution in [0.4, 0.5) is 0 Å². The predicted molar refractivity (Wildman–Crippen MR) is 80.9 cm³/mol. The first-order chi connectivity index (χ1) is 10.1. The first-order valence-electron chi connectivity index (χ1n) is 6.46. The second-order valence-electron chi connectivity index (χ2n) is 4.83. The zero-order chi connectivity index (χ0) is 15.0. The topological polar surface area (TPSA) is 57.6 Å². The number of β-amino-alcohol motifs (C(OH)–C–C–N with tert-alkyl or cyclic N) is 1. The van der Waals surface area contributed by atoms with E-state index in [1.807, 2.05) is 0 Å². The summed E-state index contributed by atoms with van der Waals surface area (Å²) in [6.07, 6.45) is -0.902. The van der Waals surface area contributed by atoms with Crippen LogP contribution in [0.2, 0.25) is 0 Å². The van der Waals surface area contributed by atoms with E-state index in [9.17, 15) is 14.7 Å². The van der Waals surface area contributed by atoms with Crippen molar-refractivity contribution in [2.45, 2.75) is 6.10 Å². The number of carbonyl (C=O) groups is 2. The number of benzene rings is 2. The third-order valence-corrected chi connectivity index (χ3v) is 4.02. The summed E-state index contributed by atoms with van der Waals surface area (Å²) in [5, 5.41) is 10.2. The van der Waals surface area contributed by atoms with Crippen molar-refractivity contribution in [3.63, 3.8) is 0 Å². The molecule has 1 N–H and O–H groups in total. The lowest BCUT2D eigenvalue weighted by molar-refractivity contribution is 0.0543. The molecule has 0 aromatic heterocycles. The number of halogens is 1. The largest absolute Gasteiger partial charge is 0.387 e. The van der Waals surface area contributed by atoms with Gasteiger partial charge < -0.3 is 5.11 Å². The van der Waals surface area contributed by atoms with Gasteiger partial charge in [-0.1, -0.05) is 40.2 Å². The molecule has 2 aromatic carbocycles. The molecule has 2 amide bonds. The van der Waals surface area contributed by atoms with Crippen LogP contribution in [0.5, 0.6) is 0 Å². The van der Waals surface area contributed by atoms with Gasteiger partial charge in [0.15, 0.2) is 0 Å². The summed E-state index contributed by atoms with van der Waals surface area (Å²) in [5.41, 5.74) is 1.45. The Bertz CT molecular complexity index is 677. The van der Waals surface area contributed by atoms with Crippen LogP contribution in [0.15, 0.2) is 53.0 Å². The Balaban J connectivity index is 1.82. The van der Waals surface area contributed by atoms with Crippen LogP contribution in [0.3, 0.4) is 0 Å². The monoisotopic (exact) mass is 345 g/mol. The maximum absolute atomic E-state index is 12.2. The first kappa shape index (κ1) is 14.0. The summed E-state index contributed by atoms with van der Waals surface area (Å²) in [7, 11) is 0. The number of hydrogen-bond acceptors (Lipinski definition) is 3. The third kappa shape index (κ3) is 2.50. The Labute approximate surface area is 130 Å². The maximum Gasteiger partial charge on any atom is 0.261 e. The van der Waals surface area contributed by atoms with Gasteiger partial charge in [-0.2, -0.15) is 0 Å². The van der Waals surface area contributed by atoms with Gasteiger partial charge in [0.2, 0.25) is 0 Å². The van der Waals surface area contributed by atoms with Gasteiger partial charge in [-0.15, -0.1) is 0 Å². The SMILES string of the molecule is O=C1c2ccccc2C(=O)N1C[C@@H](O)c1ccc(Br)cc1. The second kappa shape index (κ2) is 5.42. The van der Waals surface area contributed by atoms with Gasteiger partial charge in [-0.3, -0.25) is 14.5 Å². The lowest BCUT2D eigenvalue weighted by Gasteiger charge is -2.18. The van der Waals surface area contributed by atoms with Crippen LogP contribution in [0.1, 0.15) is 32.4 Å². The average molecular weight is 346 g/mol. The number of amides is 2. The average Bonchev–Trinajstić information content (AvgIpc) is 2.73. The predicted octanol–water partition coefficient (Wildman–Crippen LogP) is 2.78. The maximum atomic E-state index is 12.2. The lowest BCUT2D eigenvalue weighted by Crippen LogP contribution is -2.33. The Hall–Kier alpha value is -1.98. The second-order valence-corrected chi connectivity index (χ2v) is 5.75. The third-order valence-electron chi connectivity index (χ3n) is 3.49. The number of nitrogens with zero attached hydrogens (tertiary/aromatic N) is 1. The summed E-state index contributed by atoms with van der Waals surface area (Å²) in [5.74, 6) is -0.710. The number of aliphatic hydroxyl groups is 1. The van der Waals surface area contributed by atoms with Gasteiger partial charge in [0.05, 0.1) is 23.8 Å². The van der Waals surface area contributed by atoms with E-state index in [4.69, 9.17) is 0 Å². The molecule has 0 saturated heterocycles. The van der Waals surface area contributed by atoms with Gasteiger partial charge in [0.1, 0.15) is 0 Å². The van der Waals surface area contributed by atoms with Gasteiger partial charge in [-0.05, 0) is 29.8 Å². The van der Waals surface area contributed by atoms with Crippen LogP contribution in [-0.2, 0) is 0 Å². The molecular weight excluding hydrogens is 334 g/mol. The number of carbonyl (C=O) groups excluding carboxylic acids is 2. The van der Waals surface area contributed by atoms with E-state index in [0.29, 0.717) is 16.7 Å². The van der Waals surface area contributed by atoms with Crippen molar-refractivity contribution in [3.05, 3.63) is 69.7 Å². The van der Waals surface area contributed by atoms with E-state index in [0.717, 1.165) is 9.37 Å². The summed E-state index contributed by atoms with van der Waals surface area (Å²) < 4.78 is 0.902. The van der Waals surface area contributed by atoms with E-state index in [-0.39, 0.29) is 18.4 Å². The van der Waals surface area contributed by atoms with E-state index in [2.05, 4.69) is 15.9 Å². The highest BCUT2D eigenvalue weighted by Gasteiger charge is 2.36. The minimum absolute atomic E-state index is 0.0476. The van der Waals surface area contributed by atoms with Gasteiger partial charge in [-0.25, -0.2) is 0 Å². The number of aliphatic hydroxyl groups excluding tert-OH is 1. The van der Waals surface area contributed by atoms with Crippen molar-refractivity contribution in [1.29, 1.82) is 0 Å². The number of fused-ring (bicyclic) bond motifs is 1. The molecule has 0 fully saturated rings. The molecule has 1 aliphatic heterocycles. The molecule has 1 atom stereocenters. The Morgan fingerprint density at radius 1 is 0.952 bits per heavy atom. The van der Waals surface area contributed by atoms with E-state index in [1.54, 1.807) is 48.5 Å². The molecule has 4 nitrogen and oxygen atoms in total. The zero-order valence-electron chi connectivity index (χ0n) is 11.0. The van der Waals surface area contributed by atoms with Crippen LogP contribution in [-0.4, -0.2) is 28.4 Å². The molecule has 106 valence electrons. The highest BCUT2D eigenvalue weighted by atomic mass is 79.9. The quantitative estimate of drug-likeness (QED) is 0.870. The molecule has 3 rings (SSSR count). The number of imide groups is 1. The zero-order valence-corrected chi connectivity index (χ0v) is 12.6. The molecule has 0 saturated carbocycles. The molecule has 21 heavy (non-hydrogen) atoms. The Morgan fingerprint density at radius 3 is 2.00 bits per heavy atom. The molecule has 2 aromatic rings. The standard InChI is InChI=1S/C16H12BrNO3/c17-11-7-5-10(6-8-11)14(19)9-18-15(20)12-3-1-2-4-13(12)16(18)21/h1-8,14,19H,9H2/t14-/m1/s1. The fraction of sp³-hybridized carbons (Fsp3) is 0.125. The summed E-state index contributed by atoms with van der Waals surface area (Å²) in [6, 6.07) is 13.8. The van der Waals surface area contributed by atoms with E-state index >= 15 is 0 Å². The Kier molecular flexibility index (Phi) is 3.61.